The van der Waals surface area contributed by atoms with Crippen molar-refractivity contribution in [1.82, 2.24) is 0 Å². The molecule has 0 heterocycles. The largest absolute Gasteiger partial charge is 0.506 e. The molecule has 2 rings (SSSR count). The van der Waals surface area contributed by atoms with Crippen molar-refractivity contribution in [2.24, 2.45) is 5.92 Å². The first-order chi connectivity index (χ1) is 7.77. The van der Waals surface area contributed by atoms with Gasteiger partial charge < -0.3 is 10.8 Å². The molecule has 3 N–H and O–H groups in total. The standard InChI is InChI=1S/C14H21NO.BrH/c15-13-9-5-8-12(14(13)16)10-11-6-3-1-2-4-7-11;/h5,8-9,11,16H,1-4,6-7,10,15H2;1H. The summed E-state index contributed by atoms with van der Waals surface area (Å²) in [7, 11) is 0. The van der Waals surface area contributed by atoms with Crippen LogP contribution in [-0.4, -0.2) is 5.11 Å². The molecule has 0 saturated heterocycles. The molecular weight excluding hydrogens is 278 g/mol. The van der Waals surface area contributed by atoms with E-state index in [2.05, 4.69) is 0 Å². The number of rotatable bonds is 2. The predicted molar refractivity (Wildman–Crippen MR) is 77.7 cm³/mol. The number of anilines is 1. The maximum atomic E-state index is 9.87. The van der Waals surface area contributed by atoms with Gasteiger partial charge in [-0.2, -0.15) is 0 Å². The van der Waals surface area contributed by atoms with Gasteiger partial charge in [0.1, 0.15) is 5.75 Å². The molecule has 0 radical (unpaired) electrons. The third-order valence-electron chi connectivity index (χ3n) is 3.63. The average Bonchev–Trinajstić information content (AvgIpc) is 2.53. The molecule has 0 aromatic heterocycles. The van der Waals surface area contributed by atoms with Crippen LogP contribution in [0.4, 0.5) is 5.69 Å². The van der Waals surface area contributed by atoms with E-state index in [1.807, 2.05) is 12.1 Å². The zero-order chi connectivity index (χ0) is 11.4. The van der Waals surface area contributed by atoms with Gasteiger partial charge in [-0.05, 0) is 24.0 Å². The number of benzene rings is 1. The van der Waals surface area contributed by atoms with E-state index in [0.29, 0.717) is 11.4 Å². The minimum Gasteiger partial charge on any atom is -0.506 e. The average molecular weight is 300 g/mol. The highest BCUT2D eigenvalue weighted by Crippen LogP contribution is 2.31. The minimum absolute atomic E-state index is 0. The van der Waals surface area contributed by atoms with E-state index in [1.54, 1.807) is 6.07 Å². The maximum absolute atomic E-state index is 9.87. The Morgan fingerprint density at radius 3 is 2.41 bits per heavy atom. The Hall–Kier alpha value is -0.700. The monoisotopic (exact) mass is 299 g/mol. The number of nitrogen functional groups attached to an aromatic ring is 1. The number of hydrogen-bond donors (Lipinski definition) is 2. The molecule has 1 fully saturated rings. The summed E-state index contributed by atoms with van der Waals surface area (Å²) in [6, 6.07) is 5.68. The second-order valence-electron chi connectivity index (χ2n) is 4.92. The van der Waals surface area contributed by atoms with Gasteiger partial charge in [0.15, 0.2) is 0 Å². The molecule has 0 amide bonds. The predicted octanol–water partition coefficient (Wildman–Crippen LogP) is 4.07. The fraction of sp³-hybridized carbons (Fsp3) is 0.571. The summed E-state index contributed by atoms with van der Waals surface area (Å²) in [5, 5.41) is 9.87. The molecule has 0 spiro atoms. The summed E-state index contributed by atoms with van der Waals surface area (Å²) in [6.45, 7) is 0. The van der Waals surface area contributed by atoms with Gasteiger partial charge in [0.2, 0.25) is 0 Å². The summed E-state index contributed by atoms with van der Waals surface area (Å²) < 4.78 is 0. The first kappa shape index (κ1) is 14.4. The molecule has 1 saturated carbocycles. The molecule has 1 aliphatic carbocycles. The van der Waals surface area contributed by atoms with E-state index in [9.17, 15) is 5.11 Å². The zero-order valence-electron chi connectivity index (χ0n) is 10.2. The molecule has 1 aromatic carbocycles. The molecule has 3 heteroatoms. The van der Waals surface area contributed by atoms with Crippen molar-refractivity contribution < 1.29 is 5.11 Å². The summed E-state index contributed by atoms with van der Waals surface area (Å²) in [4.78, 5) is 0. The van der Waals surface area contributed by atoms with Crippen LogP contribution in [-0.2, 0) is 6.42 Å². The van der Waals surface area contributed by atoms with Crippen LogP contribution in [0.5, 0.6) is 5.75 Å². The lowest BCUT2D eigenvalue weighted by Gasteiger charge is -2.15. The zero-order valence-corrected chi connectivity index (χ0v) is 11.9. The molecule has 0 bridgehead atoms. The Balaban J connectivity index is 0.00000144. The Morgan fingerprint density at radius 2 is 1.76 bits per heavy atom. The van der Waals surface area contributed by atoms with Crippen molar-refractivity contribution >= 4 is 22.7 Å². The Bertz CT molecular complexity index is 346. The number of para-hydroxylation sites is 1. The van der Waals surface area contributed by atoms with E-state index < -0.39 is 0 Å². The minimum atomic E-state index is 0. The SMILES string of the molecule is Br.Nc1cccc(CC2CCCCCC2)c1O. The fourth-order valence-corrected chi connectivity index (χ4v) is 2.65. The van der Waals surface area contributed by atoms with E-state index in [4.69, 9.17) is 5.73 Å². The molecule has 0 atom stereocenters. The van der Waals surface area contributed by atoms with Gasteiger partial charge in [-0.1, -0.05) is 50.7 Å². The number of phenolic OH excluding ortho intramolecular Hbond substituents is 1. The van der Waals surface area contributed by atoms with Crippen molar-refractivity contribution in [3.05, 3.63) is 23.8 Å². The Kier molecular flexibility index (Phi) is 5.83. The van der Waals surface area contributed by atoms with E-state index >= 15 is 0 Å². The number of halogens is 1. The molecule has 1 aromatic rings. The van der Waals surface area contributed by atoms with Crippen molar-refractivity contribution in [1.29, 1.82) is 0 Å². The normalized spacial score (nSPS) is 17.2. The summed E-state index contributed by atoms with van der Waals surface area (Å²) in [6.07, 6.45) is 9.01. The lowest BCUT2D eigenvalue weighted by Crippen LogP contribution is -2.04. The molecule has 96 valence electrons. The van der Waals surface area contributed by atoms with Gasteiger partial charge >= 0.3 is 0 Å². The second kappa shape index (κ2) is 6.90. The molecule has 0 unspecified atom stereocenters. The molecule has 0 aliphatic heterocycles. The third kappa shape index (κ3) is 3.91. The van der Waals surface area contributed by atoms with Crippen molar-refractivity contribution in [3.63, 3.8) is 0 Å². The Labute approximate surface area is 114 Å². The van der Waals surface area contributed by atoms with Gasteiger partial charge in [-0.25, -0.2) is 0 Å². The third-order valence-corrected chi connectivity index (χ3v) is 3.63. The Morgan fingerprint density at radius 1 is 1.12 bits per heavy atom. The van der Waals surface area contributed by atoms with Crippen LogP contribution in [0, 0.1) is 5.92 Å². The van der Waals surface area contributed by atoms with Gasteiger partial charge in [0, 0.05) is 0 Å². The highest BCUT2D eigenvalue weighted by atomic mass is 79.9. The fourth-order valence-electron chi connectivity index (χ4n) is 2.65. The first-order valence-electron chi connectivity index (χ1n) is 6.33. The number of aromatic hydroxyl groups is 1. The van der Waals surface area contributed by atoms with Gasteiger partial charge in [-0.3, -0.25) is 0 Å². The van der Waals surface area contributed by atoms with Crippen LogP contribution >= 0.6 is 17.0 Å². The summed E-state index contributed by atoms with van der Waals surface area (Å²) in [5.74, 6) is 1.03. The summed E-state index contributed by atoms with van der Waals surface area (Å²) >= 11 is 0. The molecular formula is C14H22BrNO. The van der Waals surface area contributed by atoms with Crippen LogP contribution < -0.4 is 5.73 Å². The van der Waals surface area contributed by atoms with Crippen molar-refractivity contribution in [2.45, 2.75) is 44.9 Å². The van der Waals surface area contributed by atoms with Gasteiger partial charge in [0.25, 0.3) is 0 Å². The number of nitrogens with two attached hydrogens (primary N) is 1. The van der Waals surface area contributed by atoms with Gasteiger partial charge in [0.05, 0.1) is 5.69 Å². The topological polar surface area (TPSA) is 46.2 Å². The van der Waals surface area contributed by atoms with Crippen molar-refractivity contribution in [2.75, 3.05) is 5.73 Å². The van der Waals surface area contributed by atoms with Crippen LogP contribution in [0.3, 0.4) is 0 Å². The molecule has 2 nitrogen and oxygen atoms in total. The molecule has 17 heavy (non-hydrogen) atoms. The van der Waals surface area contributed by atoms with E-state index in [-0.39, 0.29) is 17.0 Å². The van der Waals surface area contributed by atoms with Crippen LogP contribution in [0.1, 0.15) is 44.1 Å². The second-order valence-corrected chi connectivity index (χ2v) is 4.92. The highest BCUT2D eigenvalue weighted by Gasteiger charge is 2.15. The quantitative estimate of drug-likeness (QED) is 0.491. The summed E-state index contributed by atoms with van der Waals surface area (Å²) in [5.41, 5.74) is 7.23. The number of phenols is 1. The number of hydrogen-bond acceptors (Lipinski definition) is 2. The smallest absolute Gasteiger partial charge is 0.141 e. The van der Waals surface area contributed by atoms with E-state index in [1.165, 1.54) is 38.5 Å². The molecule has 1 aliphatic rings. The van der Waals surface area contributed by atoms with Crippen LogP contribution in [0.2, 0.25) is 0 Å². The highest BCUT2D eigenvalue weighted by molar-refractivity contribution is 8.93. The lowest BCUT2D eigenvalue weighted by molar-refractivity contribution is 0.432. The van der Waals surface area contributed by atoms with Gasteiger partial charge in [-0.15, -0.1) is 17.0 Å². The first-order valence-corrected chi connectivity index (χ1v) is 6.33. The van der Waals surface area contributed by atoms with Crippen LogP contribution in [0.25, 0.3) is 0 Å². The maximum Gasteiger partial charge on any atom is 0.141 e. The lowest BCUT2D eigenvalue weighted by atomic mass is 9.92. The van der Waals surface area contributed by atoms with Crippen LogP contribution in [0.15, 0.2) is 18.2 Å². The van der Waals surface area contributed by atoms with Crippen molar-refractivity contribution in [3.8, 4) is 5.75 Å². The van der Waals surface area contributed by atoms with E-state index in [0.717, 1.165) is 17.9 Å².